The number of aliphatic carboxylic acids is 2. The van der Waals surface area contributed by atoms with Gasteiger partial charge < -0.3 is 31.9 Å². The molecule has 0 bridgehead atoms. The SMILES string of the molecule is CCC(C)C(NC(=O)C(Cc1ccccc1)NC(=O)C(NC(=O)C(N)CCC(=O)O)C(C)CC)C(=O)O. The summed E-state index contributed by atoms with van der Waals surface area (Å²) in [6.45, 7) is 7.12. The number of nitrogens with one attached hydrogen (secondary N) is 3. The van der Waals surface area contributed by atoms with Gasteiger partial charge in [0.25, 0.3) is 0 Å². The molecule has 3 amide bonds. The number of carboxylic acid groups (broad SMARTS) is 2. The molecule has 1 rings (SSSR count). The molecule has 7 N–H and O–H groups in total. The molecule has 11 heteroatoms. The Kier molecular flexibility index (Phi) is 13.3. The number of carbonyl (C=O) groups excluding carboxylic acids is 3. The molecule has 1 aromatic carbocycles. The predicted molar refractivity (Wildman–Crippen MR) is 137 cm³/mol. The number of hydrogen-bond acceptors (Lipinski definition) is 6. The zero-order valence-corrected chi connectivity index (χ0v) is 21.9. The van der Waals surface area contributed by atoms with Crippen LogP contribution >= 0.6 is 0 Å². The lowest BCUT2D eigenvalue weighted by molar-refractivity contribution is -0.144. The molecule has 0 aliphatic rings. The number of hydrogen-bond donors (Lipinski definition) is 6. The minimum atomic E-state index is -1.17. The molecule has 11 nitrogen and oxygen atoms in total. The normalized spacial score (nSPS) is 15.8. The van der Waals surface area contributed by atoms with Crippen LogP contribution in [0.4, 0.5) is 0 Å². The first-order chi connectivity index (χ1) is 17.4. The van der Waals surface area contributed by atoms with Crippen LogP contribution in [0.25, 0.3) is 0 Å². The van der Waals surface area contributed by atoms with Crippen LogP contribution in [0, 0.1) is 11.8 Å². The van der Waals surface area contributed by atoms with Gasteiger partial charge in [-0.15, -0.1) is 0 Å². The van der Waals surface area contributed by atoms with Crippen LogP contribution in [0.5, 0.6) is 0 Å². The van der Waals surface area contributed by atoms with Gasteiger partial charge in [0.1, 0.15) is 18.1 Å². The fourth-order valence-corrected chi connectivity index (χ4v) is 3.63. The van der Waals surface area contributed by atoms with E-state index in [0.717, 1.165) is 5.56 Å². The second-order valence-electron chi connectivity index (χ2n) is 9.37. The van der Waals surface area contributed by atoms with Crippen molar-refractivity contribution in [3.8, 4) is 0 Å². The zero-order chi connectivity index (χ0) is 28.1. The van der Waals surface area contributed by atoms with Crippen LogP contribution in [0.3, 0.4) is 0 Å². The van der Waals surface area contributed by atoms with E-state index in [1.165, 1.54) is 0 Å². The molecule has 1 aromatic rings. The van der Waals surface area contributed by atoms with Crippen molar-refractivity contribution in [2.24, 2.45) is 17.6 Å². The van der Waals surface area contributed by atoms with Crippen LogP contribution in [-0.2, 0) is 30.4 Å². The summed E-state index contributed by atoms with van der Waals surface area (Å²) in [4.78, 5) is 61.7. The van der Waals surface area contributed by atoms with Crippen molar-refractivity contribution in [3.63, 3.8) is 0 Å². The van der Waals surface area contributed by atoms with Crippen LogP contribution in [-0.4, -0.2) is 64.0 Å². The van der Waals surface area contributed by atoms with E-state index in [-0.39, 0.29) is 31.1 Å². The molecular formula is C26H40N4O7. The molecule has 0 aliphatic heterocycles. The fourth-order valence-electron chi connectivity index (χ4n) is 3.63. The van der Waals surface area contributed by atoms with Gasteiger partial charge in [0.2, 0.25) is 17.7 Å². The van der Waals surface area contributed by atoms with Crippen molar-refractivity contribution in [1.82, 2.24) is 16.0 Å². The van der Waals surface area contributed by atoms with Crippen molar-refractivity contribution in [2.75, 3.05) is 0 Å². The van der Waals surface area contributed by atoms with E-state index in [1.807, 2.05) is 19.9 Å². The summed E-state index contributed by atoms with van der Waals surface area (Å²) in [7, 11) is 0. The molecule has 0 saturated carbocycles. The Bertz CT molecular complexity index is 925. The van der Waals surface area contributed by atoms with Gasteiger partial charge in [-0.05, 0) is 23.8 Å². The smallest absolute Gasteiger partial charge is 0.326 e. The second kappa shape index (κ2) is 15.6. The van der Waals surface area contributed by atoms with E-state index in [4.69, 9.17) is 10.8 Å². The van der Waals surface area contributed by atoms with E-state index >= 15 is 0 Å². The Morgan fingerprint density at radius 1 is 0.811 bits per heavy atom. The van der Waals surface area contributed by atoms with E-state index in [9.17, 15) is 29.1 Å². The van der Waals surface area contributed by atoms with Crippen molar-refractivity contribution in [3.05, 3.63) is 35.9 Å². The van der Waals surface area contributed by atoms with Gasteiger partial charge in [0.05, 0.1) is 6.04 Å². The molecule has 37 heavy (non-hydrogen) atoms. The quantitative estimate of drug-likeness (QED) is 0.186. The van der Waals surface area contributed by atoms with E-state index in [0.29, 0.717) is 12.8 Å². The monoisotopic (exact) mass is 520 g/mol. The Morgan fingerprint density at radius 3 is 1.86 bits per heavy atom. The van der Waals surface area contributed by atoms with Crippen molar-refractivity contribution < 1.29 is 34.2 Å². The molecule has 0 radical (unpaired) electrons. The summed E-state index contributed by atoms with van der Waals surface area (Å²) in [5.41, 5.74) is 6.55. The number of nitrogens with two attached hydrogens (primary N) is 1. The Morgan fingerprint density at radius 2 is 1.35 bits per heavy atom. The molecular weight excluding hydrogens is 480 g/mol. The highest BCUT2D eigenvalue weighted by Gasteiger charge is 2.33. The maximum Gasteiger partial charge on any atom is 0.326 e. The van der Waals surface area contributed by atoms with Crippen LogP contribution < -0.4 is 21.7 Å². The maximum absolute atomic E-state index is 13.3. The summed E-state index contributed by atoms with van der Waals surface area (Å²) >= 11 is 0. The lowest BCUT2D eigenvalue weighted by atomic mass is 9.96. The summed E-state index contributed by atoms with van der Waals surface area (Å²) in [5, 5.41) is 26.3. The zero-order valence-electron chi connectivity index (χ0n) is 21.9. The predicted octanol–water partition coefficient (Wildman–Crippen LogP) is 1.05. The van der Waals surface area contributed by atoms with E-state index in [1.54, 1.807) is 38.1 Å². The van der Waals surface area contributed by atoms with Crippen molar-refractivity contribution >= 4 is 29.7 Å². The van der Waals surface area contributed by atoms with Gasteiger partial charge in [-0.1, -0.05) is 70.9 Å². The number of carbonyl (C=O) groups is 5. The minimum absolute atomic E-state index is 0.0960. The molecule has 0 aliphatic carbocycles. The fraction of sp³-hybridized carbons (Fsp3) is 0.577. The lowest BCUT2D eigenvalue weighted by Gasteiger charge is -2.28. The summed E-state index contributed by atoms with van der Waals surface area (Å²) in [5.74, 6) is -4.89. The van der Waals surface area contributed by atoms with Crippen LogP contribution in [0.15, 0.2) is 30.3 Å². The molecule has 6 atom stereocenters. The summed E-state index contributed by atoms with van der Waals surface area (Å²) in [6.07, 6.45) is 0.755. The Hall–Kier alpha value is -3.47. The van der Waals surface area contributed by atoms with Gasteiger partial charge >= 0.3 is 11.9 Å². The van der Waals surface area contributed by atoms with E-state index in [2.05, 4.69) is 16.0 Å². The second-order valence-corrected chi connectivity index (χ2v) is 9.37. The first-order valence-electron chi connectivity index (χ1n) is 12.6. The van der Waals surface area contributed by atoms with Gasteiger partial charge in [-0.2, -0.15) is 0 Å². The highest BCUT2D eigenvalue weighted by Crippen LogP contribution is 2.12. The summed E-state index contributed by atoms with van der Waals surface area (Å²) < 4.78 is 0. The molecule has 206 valence electrons. The highest BCUT2D eigenvalue weighted by atomic mass is 16.4. The standard InChI is InChI=1S/C26H40N4O7/c1-5-15(3)21(29-23(33)18(27)12-13-20(31)32)25(35)28-19(14-17-10-8-7-9-11-17)24(34)30-22(26(36)37)16(4)6-2/h7-11,15-16,18-19,21-22H,5-6,12-14,27H2,1-4H3,(H,28,35)(H,29,33)(H,30,34)(H,31,32)(H,36,37). The van der Waals surface area contributed by atoms with E-state index < -0.39 is 53.8 Å². The average Bonchev–Trinajstić information content (AvgIpc) is 2.87. The first-order valence-corrected chi connectivity index (χ1v) is 12.6. The van der Waals surface area contributed by atoms with Gasteiger partial charge in [-0.3, -0.25) is 19.2 Å². The van der Waals surface area contributed by atoms with Crippen molar-refractivity contribution in [2.45, 2.75) is 84.0 Å². The topological polar surface area (TPSA) is 188 Å². The third kappa shape index (κ3) is 10.6. The molecule has 0 saturated heterocycles. The van der Waals surface area contributed by atoms with Crippen molar-refractivity contribution in [1.29, 1.82) is 0 Å². The van der Waals surface area contributed by atoms with Crippen LogP contribution in [0.1, 0.15) is 58.9 Å². The number of benzene rings is 1. The van der Waals surface area contributed by atoms with Gasteiger partial charge in [0.15, 0.2) is 0 Å². The third-order valence-corrected chi connectivity index (χ3v) is 6.49. The first kappa shape index (κ1) is 31.6. The Labute approximate surface area is 217 Å². The Balaban J connectivity index is 3.14. The lowest BCUT2D eigenvalue weighted by Crippen LogP contribution is -2.59. The molecule has 0 heterocycles. The number of rotatable bonds is 16. The van der Waals surface area contributed by atoms with Gasteiger partial charge in [0, 0.05) is 12.8 Å². The number of amides is 3. The molecule has 0 spiro atoms. The maximum atomic E-state index is 13.3. The van der Waals surface area contributed by atoms with Gasteiger partial charge in [-0.25, -0.2) is 4.79 Å². The molecule has 0 aromatic heterocycles. The highest BCUT2D eigenvalue weighted by molar-refractivity contribution is 5.94. The number of carboxylic acids is 2. The molecule has 0 fully saturated rings. The third-order valence-electron chi connectivity index (χ3n) is 6.49. The largest absolute Gasteiger partial charge is 0.481 e. The minimum Gasteiger partial charge on any atom is -0.481 e. The average molecular weight is 521 g/mol. The van der Waals surface area contributed by atoms with Crippen LogP contribution in [0.2, 0.25) is 0 Å². The summed E-state index contributed by atoms with van der Waals surface area (Å²) in [6, 6.07) is 4.54. The molecule has 6 unspecified atom stereocenters.